The third-order valence-electron chi connectivity index (χ3n) is 3.90. The van der Waals surface area contributed by atoms with Gasteiger partial charge >= 0.3 is 0 Å². The second kappa shape index (κ2) is 6.22. The van der Waals surface area contributed by atoms with E-state index >= 15 is 0 Å². The molecule has 0 spiro atoms. The lowest BCUT2D eigenvalue weighted by molar-refractivity contribution is 0.627. The fourth-order valence-electron chi connectivity index (χ4n) is 2.77. The number of nitrogens with zero attached hydrogens (tertiary/aromatic N) is 2. The molecule has 0 saturated heterocycles. The van der Waals surface area contributed by atoms with Gasteiger partial charge in [-0.25, -0.2) is 18.7 Å². The van der Waals surface area contributed by atoms with Crippen LogP contribution >= 0.6 is 11.3 Å². The van der Waals surface area contributed by atoms with Gasteiger partial charge in [-0.1, -0.05) is 12.1 Å². The molecule has 6 heteroatoms. The summed E-state index contributed by atoms with van der Waals surface area (Å²) in [4.78, 5) is 10.6. The monoisotopic (exact) mass is 353 g/mol. The van der Waals surface area contributed by atoms with Crippen LogP contribution in [-0.2, 0) is 0 Å². The van der Waals surface area contributed by atoms with Gasteiger partial charge in [-0.15, -0.1) is 11.3 Å². The van der Waals surface area contributed by atoms with E-state index in [1.54, 1.807) is 35.6 Å². The maximum Gasteiger partial charge on any atom is 0.143 e. The number of anilines is 2. The zero-order valence-electron chi connectivity index (χ0n) is 13.3. The van der Waals surface area contributed by atoms with E-state index in [0.717, 1.165) is 31.9 Å². The van der Waals surface area contributed by atoms with Gasteiger partial charge in [0.1, 0.15) is 28.6 Å². The minimum atomic E-state index is -0.295. The van der Waals surface area contributed by atoms with Gasteiger partial charge in [-0.3, -0.25) is 0 Å². The van der Waals surface area contributed by atoms with Crippen molar-refractivity contribution in [2.75, 3.05) is 5.32 Å². The van der Waals surface area contributed by atoms with Gasteiger partial charge in [-0.05, 0) is 48.9 Å². The molecular weight excluding hydrogens is 340 g/mol. The standard InChI is InChI=1S/C19H13F2N3S/c1-11-16(12-2-4-13(20)5-3-12)17-18(22-10-23-19(17)25-11)24-15-8-6-14(21)7-9-15/h2-10H,1H3,(H,22,23,24). The van der Waals surface area contributed by atoms with Crippen molar-refractivity contribution in [2.45, 2.75) is 6.92 Å². The molecule has 2 aromatic carbocycles. The first-order valence-electron chi connectivity index (χ1n) is 7.64. The number of hydrogen-bond donors (Lipinski definition) is 1. The molecule has 2 aromatic heterocycles. The summed E-state index contributed by atoms with van der Waals surface area (Å²) < 4.78 is 26.4. The Bertz CT molecular complexity index is 1040. The number of aromatic nitrogens is 2. The molecule has 0 aliphatic heterocycles. The van der Waals surface area contributed by atoms with Crippen molar-refractivity contribution in [2.24, 2.45) is 0 Å². The van der Waals surface area contributed by atoms with E-state index in [2.05, 4.69) is 15.3 Å². The van der Waals surface area contributed by atoms with Crippen LogP contribution in [0, 0.1) is 18.6 Å². The molecule has 0 atom stereocenters. The highest BCUT2D eigenvalue weighted by molar-refractivity contribution is 7.19. The van der Waals surface area contributed by atoms with Crippen LogP contribution in [0.3, 0.4) is 0 Å². The van der Waals surface area contributed by atoms with Gasteiger partial charge in [0.25, 0.3) is 0 Å². The zero-order valence-corrected chi connectivity index (χ0v) is 14.1. The number of hydrogen-bond acceptors (Lipinski definition) is 4. The van der Waals surface area contributed by atoms with Gasteiger partial charge in [0.05, 0.1) is 5.39 Å². The Morgan fingerprint density at radius 2 is 1.52 bits per heavy atom. The fraction of sp³-hybridized carbons (Fsp3) is 0.0526. The van der Waals surface area contributed by atoms with Crippen LogP contribution in [0.2, 0.25) is 0 Å². The van der Waals surface area contributed by atoms with E-state index in [9.17, 15) is 8.78 Å². The van der Waals surface area contributed by atoms with Gasteiger partial charge in [0, 0.05) is 16.1 Å². The average Bonchev–Trinajstić information content (AvgIpc) is 2.95. The molecule has 25 heavy (non-hydrogen) atoms. The minimum absolute atomic E-state index is 0.276. The first-order chi connectivity index (χ1) is 12.1. The largest absolute Gasteiger partial charge is 0.340 e. The second-order valence-corrected chi connectivity index (χ2v) is 6.78. The maximum absolute atomic E-state index is 13.3. The predicted octanol–water partition coefficient (Wildman–Crippen LogP) is 5.69. The third-order valence-corrected chi connectivity index (χ3v) is 4.92. The molecule has 0 fully saturated rings. The van der Waals surface area contributed by atoms with Crippen LogP contribution in [0.4, 0.5) is 20.3 Å². The van der Waals surface area contributed by atoms with Crippen molar-refractivity contribution >= 4 is 33.1 Å². The molecule has 0 amide bonds. The summed E-state index contributed by atoms with van der Waals surface area (Å²) in [6, 6.07) is 12.5. The number of benzene rings is 2. The molecule has 0 aliphatic carbocycles. The summed E-state index contributed by atoms with van der Waals surface area (Å²) in [6.45, 7) is 2.01. The first kappa shape index (κ1) is 15.7. The van der Waals surface area contributed by atoms with Crippen molar-refractivity contribution in [3.63, 3.8) is 0 Å². The molecule has 1 N–H and O–H groups in total. The highest BCUT2D eigenvalue weighted by Crippen LogP contribution is 2.40. The van der Waals surface area contributed by atoms with Gasteiger partial charge in [0.2, 0.25) is 0 Å². The van der Waals surface area contributed by atoms with E-state index < -0.39 is 0 Å². The zero-order chi connectivity index (χ0) is 17.4. The number of nitrogens with one attached hydrogen (secondary N) is 1. The Hall–Kier alpha value is -2.86. The predicted molar refractivity (Wildman–Crippen MR) is 97.2 cm³/mol. The number of thiophene rings is 1. The number of rotatable bonds is 3. The lowest BCUT2D eigenvalue weighted by atomic mass is 10.0. The van der Waals surface area contributed by atoms with Crippen molar-refractivity contribution in [3.8, 4) is 11.1 Å². The van der Waals surface area contributed by atoms with Crippen LogP contribution in [0.5, 0.6) is 0 Å². The Kier molecular flexibility index (Phi) is 3.89. The second-order valence-electron chi connectivity index (χ2n) is 5.57. The molecule has 0 bridgehead atoms. The van der Waals surface area contributed by atoms with Gasteiger partial charge < -0.3 is 5.32 Å². The summed E-state index contributed by atoms with van der Waals surface area (Å²) in [5, 5.41) is 4.10. The van der Waals surface area contributed by atoms with E-state index in [0.29, 0.717) is 5.82 Å². The van der Waals surface area contributed by atoms with Crippen LogP contribution in [-0.4, -0.2) is 9.97 Å². The van der Waals surface area contributed by atoms with Crippen LogP contribution in [0.1, 0.15) is 4.88 Å². The smallest absolute Gasteiger partial charge is 0.143 e. The van der Waals surface area contributed by atoms with Crippen LogP contribution in [0.25, 0.3) is 21.3 Å². The molecule has 0 aliphatic rings. The summed E-state index contributed by atoms with van der Waals surface area (Å²) in [5.74, 6) is 0.0684. The fourth-order valence-corrected chi connectivity index (χ4v) is 3.79. The Balaban J connectivity index is 1.87. The van der Waals surface area contributed by atoms with Crippen molar-refractivity contribution < 1.29 is 8.78 Å². The normalized spacial score (nSPS) is 11.0. The molecule has 4 rings (SSSR count). The van der Waals surface area contributed by atoms with E-state index in [1.165, 1.54) is 30.6 Å². The van der Waals surface area contributed by atoms with Crippen molar-refractivity contribution in [1.29, 1.82) is 0 Å². The summed E-state index contributed by atoms with van der Waals surface area (Å²) >= 11 is 1.56. The van der Waals surface area contributed by atoms with Crippen LogP contribution < -0.4 is 5.32 Å². The van der Waals surface area contributed by atoms with E-state index in [4.69, 9.17) is 0 Å². The topological polar surface area (TPSA) is 37.8 Å². The highest BCUT2D eigenvalue weighted by atomic mass is 32.1. The molecule has 4 aromatic rings. The summed E-state index contributed by atoms with van der Waals surface area (Å²) in [5.41, 5.74) is 2.61. The lowest BCUT2D eigenvalue weighted by Gasteiger charge is -2.09. The lowest BCUT2D eigenvalue weighted by Crippen LogP contribution is -1.95. The Morgan fingerprint density at radius 1 is 0.880 bits per heavy atom. The van der Waals surface area contributed by atoms with Gasteiger partial charge in [0.15, 0.2) is 0 Å². The SMILES string of the molecule is Cc1sc2ncnc(Nc3ccc(F)cc3)c2c1-c1ccc(F)cc1. The van der Waals surface area contributed by atoms with E-state index in [-0.39, 0.29) is 11.6 Å². The maximum atomic E-state index is 13.3. The molecule has 0 saturated carbocycles. The molecular formula is C19H13F2N3S. The minimum Gasteiger partial charge on any atom is -0.340 e. The summed E-state index contributed by atoms with van der Waals surface area (Å²) in [7, 11) is 0. The third kappa shape index (κ3) is 2.96. The van der Waals surface area contributed by atoms with Gasteiger partial charge in [-0.2, -0.15) is 0 Å². The molecule has 0 unspecified atom stereocenters. The van der Waals surface area contributed by atoms with E-state index in [1.807, 2.05) is 6.92 Å². The number of aryl methyl sites for hydroxylation is 1. The number of fused-ring (bicyclic) bond motifs is 1. The number of halogens is 2. The Morgan fingerprint density at radius 3 is 2.20 bits per heavy atom. The molecule has 3 nitrogen and oxygen atoms in total. The quantitative estimate of drug-likeness (QED) is 0.514. The average molecular weight is 353 g/mol. The molecule has 124 valence electrons. The highest BCUT2D eigenvalue weighted by Gasteiger charge is 2.17. The van der Waals surface area contributed by atoms with Crippen LogP contribution in [0.15, 0.2) is 54.9 Å². The summed E-state index contributed by atoms with van der Waals surface area (Å²) in [6.07, 6.45) is 1.50. The van der Waals surface area contributed by atoms with Crippen molar-refractivity contribution in [1.82, 2.24) is 9.97 Å². The molecule has 0 radical (unpaired) electrons. The molecule has 2 heterocycles. The van der Waals surface area contributed by atoms with Crippen molar-refractivity contribution in [3.05, 3.63) is 71.4 Å². The first-order valence-corrected chi connectivity index (χ1v) is 8.46. The Labute approximate surface area is 147 Å².